The molecule has 3 rings (SSSR count). The third-order valence-corrected chi connectivity index (χ3v) is 3.75. The first-order valence-corrected chi connectivity index (χ1v) is 7.67. The molecular formula is C22H18O. The van der Waals surface area contributed by atoms with Crippen LogP contribution in [-0.2, 0) is 0 Å². The summed E-state index contributed by atoms with van der Waals surface area (Å²) in [5.74, 6) is 0.0417. The van der Waals surface area contributed by atoms with E-state index in [4.69, 9.17) is 0 Å². The van der Waals surface area contributed by atoms with E-state index < -0.39 is 0 Å². The number of ketones is 1. The quantitative estimate of drug-likeness (QED) is 0.357. The summed E-state index contributed by atoms with van der Waals surface area (Å²) in [4.78, 5) is 13.0. The molecule has 0 unspecified atom stereocenters. The number of carbonyl (C=O) groups is 1. The number of hydrogen-bond acceptors (Lipinski definition) is 1. The summed E-state index contributed by atoms with van der Waals surface area (Å²) in [5, 5.41) is 0. The highest BCUT2D eigenvalue weighted by Crippen LogP contribution is 2.23. The summed E-state index contributed by atoms with van der Waals surface area (Å²) in [7, 11) is 0. The van der Waals surface area contributed by atoms with Crippen LogP contribution in [0.3, 0.4) is 0 Å². The van der Waals surface area contributed by atoms with Gasteiger partial charge in [0.15, 0.2) is 5.78 Å². The molecule has 0 saturated carbocycles. The highest BCUT2D eigenvalue weighted by molar-refractivity contribution is 6.32. The first-order chi connectivity index (χ1) is 11.2. The first kappa shape index (κ1) is 15.0. The molecule has 0 radical (unpaired) electrons. The van der Waals surface area contributed by atoms with Crippen LogP contribution in [0.1, 0.15) is 27.0 Å². The molecule has 3 aromatic carbocycles. The van der Waals surface area contributed by atoms with Gasteiger partial charge in [0.05, 0.1) is 0 Å². The van der Waals surface area contributed by atoms with Crippen molar-refractivity contribution >= 4 is 17.4 Å². The highest BCUT2D eigenvalue weighted by atomic mass is 16.1. The molecule has 3 aromatic rings. The highest BCUT2D eigenvalue weighted by Gasteiger charge is 2.14. The van der Waals surface area contributed by atoms with E-state index in [0.717, 1.165) is 16.7 Å². The fraction of sp³-hybridized carbons (Fsp3) is 0.0455. The van der Waals surface area contributed by atoms with Crippen molar-refractivity contribution in [1.29, 1.82) is 0 Å². The minimum Gasteiger partial charge on any atom is -0.289 e. The van der Waals surface area contributed by atoms with Gasteiger partial charge < -0.3 is 0 Å². The van der Waals surface area contributed by atoms with Crippen molar-refractivity contribution in [3.63, 3.8) is 0 Å². The van der Waals surface area contributed by atoms with E-state index >= 15 is 0 Å². The van der Waals surface area contributed by atoms with Crippen LogP contribution in [0, 0.1) is 6.92 Å². The van der Waals surface area contributed by atoms with Crippen molar-refractivity contribution in [3.05, 3.63) is 107 Å². The molecule has 1 heteroatoms. The molecule has 0 atom stereocenters. The minimum atomic E-state index is 0.0417. The van der Waals surface area contributed by atoms with Crippen molar-refractivity contribution in [1.82, 2.24) is 0 Å². The fourth-order valence-electron chi connectivity index (χ4n) is 2.47. The van der Waals surface area contributed by atoms with E-state index in [0.29, 0.717) is 11.1 Å². The van der Waals surface area contributed by atoms with Gasteiger partial charge in [0.2, 0.25) is 0 Å². The van der Waals surface area contributed by atoms with E-state index in [9.17, 15) is 4.79 Å². The van der Waals surface area contributed by atoms with Crippen molar-refractivity contribution in [3.8, 4) is 0 Å². The van der Waals surface area contributed by atoms with Crippen molar-refractivity contribution < 1.29 is 4.79 Å². The predicted octanol–water partition coefficient (Wildman–Crippen LogP) is 5.42. The van der Waals surface area contributed by atoms with E-state index in [1.54, 1.807) is 0 Å². The Morgan fingerprint density at radius 3 is 1.87 bits per heavy atom. The zero-order chi connectivity index (χ0) is 16.1. The molecule has 0 aromatic heterocycles. The number of carbonyl (C=O) groups excluding carboxylic acids is 1. The lowest BCUT2D eigenvalue weighted by Crippen LogP contribution is -2.03. The Morgan fingerprint density at radius 2 is 1.26 bits per heavy atom. The lowest BCUT2D eigenvalue weighted by Gasteiger charge is -2.08. The summed E-state index contributed by atoms with van der Waals surface area (Å²) in [5.41, 5.74) is 4.52. The van der Waals surface area contributed by atoms with Gasteiger partial charge in [0.1, 0.15) is 0 Å². The van der Waals surface area contributed by atoms with Gasteiger partial charge in [-0.05, 0) is 24.1 Å². The molecule has 0 amide bonds. The van der Waals surface area contributed by atoms with Crippen LogP contribution in [0.4, 0.5) is 0 Å². The Labute approximate surface area is 136 Å². The maximum atomic E-state index is 13.0. The van der Waals surface area contributed by atoms with Gasteiger partial charge in [-0.15, -0.1) is 0 Å². The van der Waals surface area contributed by atoms with Crippen LogP contribution in [0.25, 0.3) is 11.6 Å². The lowest BCUT2D eigenvalue weighted by atomic mass is 9.94. The summed E-state index contributed by atoms with van der Waals surface area (Å²) in [6.45, 7) is 2.02. The molecule has 112 valence electrons. The average Bonchev–Trinajstić information content (AvgIpc) is 2.61. The number of rotatable bonds is 4. The van der Waals surface area contributed by atoms with Crippen LogP contribution in [0.15, 0.2) is 84.9 Å². The molecule has 0 spiro atoms. The smallest absolute Gasteiger partial charge is 0.193 e. The Balaban J connectivity index is 2.07. The van der Waals surface area contributed by atoms with Crippen molar-refractivity contribution in [2.75, 3.05) is 0 Å². The van der Waals surface area contributed by atoms with Gasteiger partial charge in [0, 0.05) is 11.1 Å². The Hall–Kier alpha value is -2.93. The number of allylic oxidation sites excluding steroid dienone is 1. The van der Waals surface area contributed by atoms with Gasteiger partial charge in [0.25, 0.3) is 0 Å². The van der Waals surface area contributed by atoms with E-state index in [-0.39, 0.29) is 5.78 Å². The minimum absolute atomic E-state index is 0.0417. The Kier molecular flexibility index (Phi) is 4.49. The average molecular weight is 298 g/mol. The van der Waals surface area contributed by atoms with Crippen LogP contribution in [0.5, 0.6) is 0 Å². The van der Waals surface area contributed by atoms with Crippen LogP contribution >= 0.6 is 0 Å². The number of benzene rings is 3. The molecule has 0 bridgehead atoms. The van der Waals surface area contributed by atoms with Gasteiger partial charge in [-0.2, -0.15) is 0 Å². The molecular weight excluding hydrogens is 280 g/mol. The van der Waals surface area contributed by atoms with Crippen LogP contribution in [-0.4, -0.2) is 5.78 Å². The summed E-state index contributed by atoms with van der Waals surface area (Å²) in [6.07, 6.45) is 1.96. The number of aryl methyl sites for hydroxylation is 1. The molecule has 0 aliphatic heterocycles. The van der Waals surface area contributed by atoms with Crippen LogP contribution < -0.4 is 0 Å². The largest absolute Gasteiger partial charge is 0.289 e. The van der Waals surface area contributed by atoms with Gasteiger partial charge >= 0.3 is 0 Å². The summed E-state index contributed by atoms with van der Waals surface area (Å²) in [6, 6.07) is 27.5. The molecule has 1 nitrogen and oxygen atoms in total. The van der Waals surface area contributed by atoms with E-state index in [1.165, 1.54) is 0 Å². The van der Waals surface area contributed by atoms with Gasteiger partial charge in [-0.1, -0.05) is 90.5 Å². The third-order valence-electron chi connectivity index (χ3n) is 3.75. The first-order valence-electron chi connectivity index (χ1n) is 7.67. The number of Topliss-reactive ketones (excluding diaryl/α,β-unsaturated/α-hetero) is 1. The van der Waals surface area contributed by atoms with Gasteiger partial charge in [-0.3, -0.25) is 4.79 Å². The lowest BCUT2D eigenvalue weighted by molar-refractivity contribution is 0.105. The summed E-state index contributed by atoms with van der Waals surface area (Å²) < 4.78 is 0. The molecule has 0 aliphatic carbocycles. The second kappa shape index (κ2) is 6.89. The maximum Gasteiger partial charge on any atom is 0.193 e. The van der Waals surface area contributed by atoms with E-state index in [2.05, 4.69) is 0 Å². The number of hydrogen-bond donors (Lipinski definition) is 0. The fourth-order valence-corrected chi connectivity index (χ4v) is 2.47. The SMILES string of the molecule is Cc1ccc(C(=O)C(=Cc2ccccc2)c2ccccc2)cc1. The molecule has 0 heterocycles. The zero-order valence-corrected chi connectivity index (χ0v) is 13.1. The maximum absolute atomic E-state index is 13.0. The van der Waals surface area contributed by atoms with Gasteiger partial charge in [-0.25, -0.2) is 0 Å². The second-order valence-corrected chi connectivity index (χ2v) is 5.53. The topological polar surface area (TPSA) is 17.1 Å². The standard InChI is InChI=1S/C22H18O/c1-17-12-14-20(15-13-17)22(23)21(19-10-6-3-7-11-19)16-18-8-4-2-5-9-18/h2-16H,1H3. The van der Waals surface area contributed by atoms with E-state index in [1.807, 2.05) is 97.9 Å². The molecule has 0 saturated heterocycles. The third kappa shape index (κ3) is 3.64. The van der Waals surface area contributed by atoms with Crippen LogP contribution in [0.2, 0.25) is 0 Å². The van der Waals surface area contributed by atoms with Crippen molar-refractivity contribution in [2.24, 2.45) is 0 Å². The normalized spacial score (nSPS) is 11.3. The molecule has 0 aliphatic rings. The van der Waals surface area contributed by atoms with Crippen molar-refractivity contribution in [2.45, 2.75) is 6.92 Å². The Bertz CT molecular complexity index is 813. The Morgan fingerprint density at radius 1 is 0.696 bits per heavy atom. The zero-order valence-electron chi connectivity index (χ0n) is 13.1. The second-order valence-electron chi connectivity index (χ2n) is 5.53. The molecule has 23 heavy (non-hydrogen) atoms. The predicted molar refractivity (Wildman–Crippen MR) is 96.3 cm³/mol. The molecule has 0 N–H and O–H groups in total. The summed E-state index contributed by atoms with van der Waals surface area (Å²) >= 11 is 0. The monoisotopic (exact) mass is 298 g/mol. The molecule has 0 fully saturated rings.